The second-order valence-electron chi connectivity index (χ2n) is 6.09. The van der Waals surface area contributed by atoms with Gasteiger partial charge in [0, 0.05) is 18.8 Å². The van der Waals surface area contributed by atoms with Crippen molar-refractivity contribution in [2.75, 3.05) is 25.1 Å². The molecule has 1 aliphatic rings. The van der Waals surface area contributed by atoms with Crippen LogP contribution in [0.3, 0.4) is 0 Å². The molecule has 1 aliphatic heterocycles. The minimum atomic E-state index is 0.267. The first-order valence-corrected chi connectivity index (χ1v) is 7.55. The lowest BCUT2D eigenvalue weighted by atomic mass is 10.1. The number of hydrogen-bond acceptors (Lipinski definition) is 4. The van der Waals surface area contributed by atoms with Crippen LogP contribution in [0.1, 0.15) is 44.9 Å². The normalized spacial score (nSPS) is 23.4. The summed E-state index contributed by atoms with van der Waals surface area (Å²) in [5.41, 5.74) is 2.46. The van der Waals surface area contributed by atoms with Gasteiger partial charge in [-0.15, -0.1) is 0 Å². The van der Waals surface area contributed by atoms with Crippen molar-refractivity contribution >= 4 is 5.82 Å². The van der Waals surface area contributed by atoms with E-state index in [1.807, 2.05) is 7.05 Å². The zero-order chi connectivity index (χ0) is 14.7. The summed E-state index contributed by atoms with van der Waals surface area (Å²) in [5, 5.41) is 3.23. The average Bonchev–Trinajstić information content (AvgIpc) is 2.41. The van der Waals surface area contributed by atoms with Crippen molar-refractivity contribution in [1.82, 2.24) is 10.3 Å². The maximum atomic E-state index is 5.72. The molecule has 2 atom stereocenters. The van der Waals surface area contributed by atoms with Crippen molar-refractivity contribution in [2.24, 2.45) is 0 Å². The number of hydrogen-bond donors (Lipinski definition) is 1. The Bertz CT molecular complexity index is 447. The van der Waals surface area contributed by atoms with E-state index in [2.05, 4.69) is 50.0 Å². The first kappa shape index (κ1) is 15.3. The van der Waals surface area contributed by atoms with E-state index in [0.717, 1.165) is 25.5 Å². The van der Waals surface area contributed by atoms with Crippen LogP contribution in [0.15, 0.2) is 12.1 Å². The largest absolute Gasteiger partial charge is 0.375 e. The highest BCUT2D eigenvalue weighted by atomic mass is 16.5. The summed E-state index contributed by atoms with van der Waals surface area (Å²) >= 11 is 0. The first-order valence-electron chi connectivity index (χ1n) is 7.55. The lowest BCUT2D eigenvalue weighted by Crippen LogP contribution is -2.47. The van der Waals surface area contributed by atoms with Gasteiger partial charge in [-0.05, 0) is 44.5 Å². The Morgan fingerprint density at radius 2 is 2.15 bits per heavy atom. The van der Waals surface area contributed by atoms with Crippen molar-refractivity contribution in [3.05, 3.63) is 23.4 Å². The van der Waals surface area contributed by atoms with Crippen molar-refractivity contribution in [3.8, 4) is 0 Å². The molecule has 1 saturated heterocycles. The van der Waals surface area contributed by atoms with Crippen molar-refractivity contribution in [1.29, 1.82) is 0 Å². The molecule has 2 unspecified atom stereocenters. The van der Waals surface area contributed by atoms with Gasteiger partial charge in [-0.2, -0.15) is 0 Å². The van der Waals surface area contributed by atoms with Gasteiger partial charge in [-0.1, -0.05) is 13.8 Å². The lowest BCUT2D eigenvalue weighted by molar-refractivity contribution is 0.0340. The minimum Gasteiger partial charge on any atom is -0.375 e. The number of nitrogens with one attached hydrogen (secondary N) is 1. The number of anilines is 1. The Labute approximate surface area is 122 Å². The van der Waals surface area contributed by atoms with Gasteiger partial charge in [0.25, 0.3) is 0 Å². The second-order valence-corrected chi connectivity index (χ2v) is 6.09. The van der Waals surface area contributed by atoms with Gasteiger partial charge in [-0.3, -0.25) is 0 Å². The van der Waals surface area contributed by atoms with E-state index in [1.165, 1.54) is 11.3 Å². The van der Waals surface area contributed by atoms with Crippen LogP contribution in [0.5, 0.6) is 0 Å². The Morgan fingerprint density at radius 3 is 2.80 bits per heavy atom. The van der Waals surface area contributed by atoms with Crippen LogP contribution < -0.4 is 10.2 Å². The van der Waals surface area contributed by atoms with Crippen molar-refractivity contribution in [2.45, 2.75) is 52.3 Å². The highest BCUT2D eigenvalue weighted by Crippen LogP contribution is 2.24. The van der Waals surface area contributed by atoms with Gasteiger partial charge in [0.05, 0.1) is 18.8 Å². The summed E-state index contributed by atoms with van der Waals surface area (Å²) in [5.74, 6) is 1.53. The zero-order valence-electron chi connectivity index (χ0n) is 13.3. The molecular formula is C16H27N3O. The van der Waals surface area contributed by atoms with Crippen LogP contribution in [0.2, 0.25) is 0 Å². The molecule has 2 heterocycles. The van der Waals surface area contributed by atoms with E-state index in [9.17, 15) is 0 Å². The van der Waals surface area contributed by atoms with E-state index in [4.69, 9.17) is 9.72 Å². The molecule has 1 fully saturated rings. The summed E-state index contributed by atoms with van der Waals surface area (Å²) in [7, 11) is 1.98. The minimum absolute atomic E-state index is 0.267. The Balaban J connectivity index is 2.33. The zero-order valence-corrected chi connectivity index (χ0v) is 13.3. The number of morpholine rings is 1. The molecule has 0 bridgehead atoms. The topological polar surface area (TPSA) is 37.4 Å². The SMILES string of the molecule is CNCc1cc(C(C)C)nc(N2CC(C)OCC2C)c1. The van der Waals surface area contributed by atoms with Crippen LogP contribution in [-0.2, 0) is 11.3 Å². The number of rotatable bonds is 4. The van der Waals surface area contributed by atoms with Crippen LogP contribution >= 0.6 is 0 Å². The van der Waals surface area contributed by atoms with Crippen LogP contribution in [0, 0.1) is 0 Å². The molecule has 2 rings (SSSR count). The molecule has 0 spiro atoms. The monoisotopic (exact) mass is 277 g/mol. The molecule has 1 aromatic heterocycles. The molecule has 0 aliphatic carbocycles. The fourth-order valence-corrected chi connectivity index (χ4v) is 2.57. The van der Waals surface area contributed by atoms with Gasteiger partial charge >= 0.3 is 0 Å². The van der Waals surface area contributed by atoms with Gasteiger partial charge in [0.1, 0.15) is 5.82 Å². The third-order valence-corrected chi connectivity index (χ3v) is 3.77. The maximum absolute atomic E-state index is 5.72. The van der Waals surface area contributed by atoms with Crippen molar-refractivity contribution in [3.63, 3.8) is 0 Å². The van der Waals surface area contributed by atoms with Gasteiger partial charge in [0.2, 0.25) is 0 Å². The Morgan fingerprint density at radius 1 is 1.40 bits per heavy atom. The fourth-order valence-electron chi connectivity index (χ4n) is 2.57. The fraction of sp³-hybridized carbons (Fsp3) is 0.688. The third kappa shape index (κ3) is 3.49. The van der Waals surface area contributed by atoms with Gasteiger partial charge in [-0.25, -0.2) is 4.98 Å². The van der Waals surface area contributed by atoms with Gasteiger partial charge < -0.3 is 15.0 Å². The molecule has 1 N–H and O–H groups in total. The Kier molecular flexibility index (Phi) is 5.00. The second kappa shape index (κ2) is 6.55. The van der Waals surface area contributed by atoms with Crippen LogP contribution in [0.25, 0.3) is 0 Å². The number of ether oxygens (including phenoxy) is 1. The van der Waals surface area contributed by atoms with Crippen LogP contribution in [-0.4, -0.2) is 37.3 Å². The molecular weight excluding hydrogens is 250 g/mol. The first-order chi connectivity index (χ1) is 9.51. The molecule has 4 heteroatoms. The number of pyridine rings is 1. The van der Waals surface area contributed by atoms with E-state index < -0.39 is 0 Å². The number of aromatic nitrogens is 1. The molecule has 0 saturated carbocycles. The molecule has 112 valence electrons. The van der Waals surface area contributed by atoms with E-state index in [-0.39, 0.29) is 6.10 Å². The predicted octanol–water partition coefficient (Wildman–Crippen LogP) is 2.54. The number of nitrogens with zero attached hydrogens (tertiary/aromatic N) is 2. The highest BCUT2D eigenvalue weighted by Gasteiger charge is 2.25. The maximum Gasteiger partial charge on any atom is 0.129 e. The average molecular weight is 277 g/mol. The molecule has 20 heavy (non-hydrogen) atoms. The standard InChI is InChI=1S/C16H27N3O/c1-11(2)15-6-14(8-17-5)7-16(18-15)19-9-13(4)20-10-12(19)3/h6-7,11-13,17H,8-10H2,1-5H3. The van der Waals surface area contributed by atoms with Gasteiger partial charge in [0.15, 0.2) is 0 Å². The Hall–Kier alpha value is -1.13. The van der Waals surface area contributed by atoms with Crippen molar-refractivity contribution < 1.29 is 4.74 Å². The van der Waals surface area contributed by atoms with E-state index in [1.54, 1.807) is 0 Å². The molecule has 0 radical (unpaired) electrons. The summed E-state index contributed by atoms with van der Waals surface area (Å²) < 4.78 is 5.72. The summed E-state index contributed by atoms with van der Waals surface area (Å²) in [6.45, 7) is 11.3. The predicted molar refractivity (Wildman–Crippen MR) is 83.3 cm³/mol. The summed E-state index contributed by atoms with van der Waals surface area (Å²) in [4.78, 5) is 7.24. The van der Waals surface area contributed by atoms with E-state index >= 15 is 0 Å². The molecule has 0 amide bonds. The highest BCUT2D eigenvalue weighted by molar-refractivity contribution is 5.45. The molecule has 1 aromatic rings. The smallest absolute Gasteiger partial charge is 0.129 e. The summed E-state index contributed by atoms with van der Waals surface area (Å²) in [6, 6.07) is 4.79. The summed E-state index contributed by atoms with van der Waals surface area (Å²) in [6.07, 6.45) is 0.267. The van der Waals surface area contributed by atoms with Crippen LogP contribution in [0.4, 0.5) is 5.82 Å². The molecule has 4 nitrogen and oxygen atoms in total. The van der Waals surface area contributed by atoms with E-state index in [0.29, 0.717) is 12.0 Å². The molecule has 0 aromatic carbocycles. The quantitative estimate of drug-likeness (QED) is 0.918. The third-order valence-electron chi connectivity index (χ3n) is 3.77. The lowest BCUT2D eigenvalue weighted by Gasteiger charge is -2.38.